The summed E-state index contributed by atoms with van der Waals surface area (Å²) in [6.45, 7) is 2.98. The molecule has 146 valence electrons. The molecular formula is C18H26N5O3S+. The number of nitrogens with zero attached hydrogens (tertiary/aromatic N) is 4. The third-order valence-electron chi connectivity index (χ3n) is 4.98. The summed E-state index contributed by atoms with van der Waals surface area (Å²) < 4.78 is 8.50. The lowest BCUT2D eigenvalue weighted by atomic mass is 10.1. The van der Waals surface area contributed by atoms with E-state index in [1.165, 1.54) is 25.5 Å². The second-order valence-corrected chi connectivity index (χ2v) is 7.29. The normalized spacial score (nSPS) is 22.1. The zero-order valence-corrected chi connectivity index (χ0v) is 16.5. The van der Waals surface area contributed by atoms with Crippen LogP contribution in [-0.2, 0) is 22.6 Å². The molecule has 9 heteroatoms. The number of aromatic nitrogens is 4. The van der Waals surface area contributed by atoms with Gasteiger partial charge in [0, 0.05) is 6.42 Å². The molecule has 1 aromatic carbocycles. The van der Waals surface area contributed by atoms with Crippen molar-refractivity contribution < 1.29 is 19.5 Å². The van der Waals surface area contributed by atoms with Gasteiger partial charge in [-0.25, -0.2) is 4.79 Å². The minimum Gasteiger partial charge on any atom is -0.465 e. The minimum absolute atomic E-state index is 0.330. The first-order chi connectivity index (χ1) is 13.0. The zero-order valence-electron chi connectivity index (χ0n) is 15.7. The lowest BCUT2D eigenvalue weighted by Crippen LogP contribution is -3.14. The van der Waals surface area contributed by atoms with Crippen LogP contribution < -0.4 is 4.90 Å². The maximum Gasteiger partial charge on any atom is 0.364 e. The number of benzene rings is 1. The molecule has 1 aliphatic rings. The molecule has 3 rings (SSSR count). The topological polar surface area (TPSA) is 86.6 Å². The van der Waals surface area contributed by atoms with E-state index in [1.54, 1.807) is 9.36 Å². The molecule has 1 aliphatic heterocycles. The van der Waals surface area contributed by atoms with Crippen LogP contribution in [0.3, 0.4) is 0 Å². The highest BCUT2D eigenvalue weighted by Crippen LogP contribution is 2.11. The molecule has 2 N–H and O–H groups in total. The van der Waals surface area contributed by atoms with Crippen molar-refractivity contribution in [2.75, 3.05) is 13.7 Å². The minimum atomic E-state index is -0.538. The third-order valence-corrected chi connectivity index (χ3v) is 5.36. The lowest BCUT2D eigenvalue weighted by Gasteiger charge is -2.18. The molecule has 0 saturated carbocycles. The number of aliphatic hydroxyl groups is 1. The van der Waals surface area contributed by atoms with Crippen molar-refractivity contribution in [3.05, 3.63) is 34.6 Å². The number of carbonyl (C=O) groups excluding carboxylic acids is 1. The summed E-state index contributed by atoms with van der Waals surface area (Å²) in [6.07, 6.45) is 3.23. The molecule has 1 saturated heterocycles. The molecule has 0 bridgehead atoms. The Morgan fingerprint density at radius 2 is 2.11 bits per heavy atom. The van der Waals surface area contributed by atoms with Gasteiger partial charge in [-0.1, -0.05) is 25.5 Å². The van der Waals surface area contributed by atoms with E-state index in [1.807, 2.05) is 12.1 Å². The summed E-state index contributed by atoms with van der Waals surface area (Å²) in [6, 6.07) is 7.73. The predicted molar refractivity (Wildman–Crippen MR) is 101 cm³/mol. The van der Waals surface area contributed by atoms with Crippen LogP contribution in [0, 0.1) is 4.77 Å². The molecule has 0 radical (unpaired) electrons. The first-order valence-electron chi connectivity index (χ1n) is 9.26. The molecule has 1 fully saturated rings. The average Bonchev–Trinajstić information content (AvgIpc) is 3.23. The van der Waals surface area contributed by atoms with E-state index in [2.05, 4.69) is 29.5 Å². The van der Waals surface area contributed by atoms with Crippen LogP contribution in [0.4, 0.5) is 0 Å². The van der Waals surface area contributed by atoms with Crippen molar-refractivity contribution in [1.29, 1.82) is 0 Å². The monoisotopic (exact) mass is 392 g/mol. The number of hydrogen-bond acceptors (Lipinski definition) is 6. The van der Waals surface area contributed by atoms with Gasteiger partial charge in [-0.3, -0.25) is 0 Å². The number of esters is 1. The van der Waals surface area contributed by atoms with Crippen molar-refractivity contribution in [3.63, 3.8) is 0 Å². The maximum absolute atomic E-state index is 11.9. The second-order valence-electron chi connectivity index (χ2n) is 6.93. The third kappa shape index (κ3) is 4.42. The van der Waals surface area contributed by atoms with Gasteiger partial charge in [-0.2, -0.15) is 9.36 Å². The van der Waals surface area contributed by atoms with Crippen molar-refractivity contribution in [3.8, 4) is 5.69 Å². The Hall–Kier alpha value is -2.10. The SMILES string of the molecule is CCCCc1ccc(-n2nnn(C[NH+]3C[C@H](O)C[C@H]3C(=O)OC)c2=S)cc1. The summed E-state index contributed by atoms with van der Waals surface area (Å²) in [5.74, 6) is -0.330. The van der Waals surface area contributed by atoms with E-state index in [-0.39, 0.29) is 5.97 Å². The number of tetrazole rings is 1. The van der Waals surface area contributed by atoms with Gasteiger partial charge in [-0.05, 0) is 53.2 Å². The molecule has 27 heavy (non-hydrogen) atoms. The van der Waals surface area contributed by atoms with Gasteiger partial charge >= 0.3 is 5.97 Å². The molecule has 0 aliphatic carbocycles. The highest BCUT2D eigenvalue weighted by molar-refractivity contribution is 7.71. The molecule has 8 nitrogen and oxygen atoms in total. The van der Waals surface area contributed by atoms with Gasteiger partial charge in [0.15, 0.2) is 12.7 Å². The summed E-state index contributed by atoms with van der Waals surface area (Å²) in [7, 11) is 1.36. The number of likely N-dealkylation sites (tertiary alicyclic amines) is 1. The Labute approximate surface area is 163 Å². The fourth-order valence-electron chi connectivity index (χ4n) is 3.46. The molecule has 0 spiro atoms. The molecule has 3 atom stereocenters. The maximum atomic E-state index is 11.9. The van der Waals surface area contributed by atoms with Gasteiger partial charge in [0.2, 0.25) is 4.77 Å². The first kappa shape index (κ1) is 19.7. The van der Waals surface area contributed by atoms with Crippen LogP contribution in [0.2, 0.25) is 0 Å². The number of unbranched alkanes of at least 4 members (excludes halogenated alkanes) is 1. The smallest absolute Gasteiger partial charge is 0.364 e. The van der Waals surface area contributed by atoms with Crippen LogP contribution in [0.5, 0.6) is 0 Å². The Bertz CT molecular complexity index is 832. The lowest BCUT2D eigenvalue weighted by molar-refractivity contribution is -0.928. The van der Waals surface area contributed by atoms with E-state index < -0.39 is 12.1 Å². The summed E-state index contributed by atoms with van der Waals surface area (Å²) in [4.78, 5) is 12.8. The predicted octanol–water partition coefficient (Wildman–Crippen LogP) is 0.289. The summed E-state index contributed by atoms with van der Waals surface area (Å²) in [5.41, 5.74) is 2.14. The van der Waals surface area contributed by atoms with E-state index in [9.17, 15) is 9.90 Å². The number of aryl methyl sites for hydroxylation is 1. The van der Waals surface area contributed by atoms with E-state index in [4.69, 9.17) is 17.0 Å². The van der Waals surface area contributed by atoms with Gasteiger partial charge in [0.05, 0.1) is 12.8 Å². The number of rotatable bonds is 7. The zero-order chi connectivity index (χ0) is 19.4. The number of aliphatic hydroxyl groups excluding tert-OH is 1. The van der Waals surface area contributed by atoms with Crippen LogP contribution >= 0.6 is 12.2 Å². The van der Waals surface area contributed by atoms with Gasteiger partial charge in [-0.15, -0.1) is 0 Å². The fraction of sp³-hybridized carbons (Fsp3) is 0.556. The van der Waals surface area contributed by atoms with Crippen LogP contribution in [0.1, 0.15) is 31.7 Å². The number of carbonyl (C=O) groups is 1. The molecule has 1 aromatic heterocycles. The molecular weight excluding hydrogens is 366 g/mol. The highest BCUT2D eigenvalue weighted by Gasteiger charge is 2.41. The molecule has 0 amide bonds. The molecule has 2 heterocycles. The molecule has 1 unspecified atom stereocenters. The Kier molecular flexibility index (Phi) is 6.35. The standard InChI is InChI=1S/C18H25N5O3S/c1-3-4-5-13-6-8-14(9-7-13)23-18(27)22(19-20-23)12-21-11-15(24)10-16(21)17(25)26-2/h6-9,15-16,24H,3-5,10-12H2,1-2H3/p+1/t15-,16+/m1/s1. The quantitative estimate of drug-likeness (QED) is 0.520. The van der Waals surface area contributed by atoms with Gasteiger partial charge in [0.1, 0.15) is 12.6 Å². The summed E-state index contributed by atoms with van der Waals surface area (Å²) in [5, 5.41) is 18.2. The van der Waals surface area contributed by atoms with E-state index >= 15 is 0 Å². The van der Waals surface area contributed by atoms with Crippen molar-refractivity contribution in [2.24, 2.45) is 0 Å². The van der Waals surface area contributed by atoms with Crippen molar-refractivity contribution >= 4 is 18.2 Å². The largest absolute Gasteiger partial charge is 0.465 e. The van der Waals surface area contributed by atoms with Gasteiger partial charge in [0.25, 0.3) is 0 Å². The van der Waals surface area contributed by atoms with Crippen molar-refractivity contribution in [1.82, 2.24) is 19.8 Å². The Morgan fingerprint density at radius 1 is 1.37 bits per heavy atom. The van der Waals surface area contributed by atoms with E-state index in [0.717, 1.165) is 17.0 Å². The van der Waals surface area contributed by atoms with Crippen LogP contribution in [0.15, 0.2) is 24.3 Å². The van der Waals surface area contributed by atoms with Crippen LogP contribution in [-0.4, -0.2) is 56.7 Å². The van der Waals surface area contributed by atoms with E-state index in [0.29, 0.717) is 24.4 Å². The number of nitrogens with one attached hydrogen (secondary N) is 1. The number of quaternary nitrogens is 1. The Morgan fingerprint density at radius 3 is 2.78 bits per heavy atom. The first-order valence-corrected chi connectivity index (χ1v) is 9.67. The van der Waals surface area contributed by atoms with Crippen LogP contribution in [0.25, 0.3) is 5.69 Å². The number of methoxy groups -OCH3 is 1. The summed E-state index contributed by atoms with van der Waals surface area (Å²) >= 11 is 5.52. The van der Waals surface area contributed by atoms with Crippen molar-refractivity contribution in [2.45, 2.75) is 51.4 Å². The Balaban J connectivity index is 1.75. The molecule has 2 aromatic rings. The fourth-order valence-corrected chi connectivity index (χ4v) is 3.70. The number of ether oxygens (including phenoxy) is 1. The second kappa shape index (κ2) is 8.73. The highest BCUT2D eigenvalue weighted by atomic mass is 32.1. The van der Waals surface area contributed by atoms with Gasteiger partial charge < -0.3 is 14.7 Å². The number of hydrogen-bond donors (Lipinski definition) is 2. The average molecular weight is 393 g/mol.